The first-order valence-electron chi connectivity index (χ1n) is 7.14. The van der Waals surface area contributed by atoms with Crippen LogP contribution in [-0.4, -0.2) is 21.5 Å². The van der Waals surface area contributed by atoms with Crippen molar-refractivity contribution in [1.29, 1.82) is 0 Å². The molecule has 1 aliphatic carbocycles. The number of hydrogen-bond donors (Lipinski definition) is 1. The van der Waals surface area contributed by atoms with E-state index in [1.54, 1.807) is 12.5 Å². The van der Waals surface area contributed by atoms with Crippen LogP contribution in [0.4, 0.5) is 0 Å². The molecule has 0 aliphatic heterocycles. The summed E-state index contributed by atoms with van der Waals surface area (Å²) in [5, 5.41) is 3.05. The van der Waals surface area contributed by atoms with Gasteiger partial charge < -0.3 is 9.88 Å². The van der Waals surface area contributed by atoms with Crippen LogP contribution in [0.5, 0.6) is 0 Å². The fourth-order valence-corrected chi connectivity index (χ4v) is 2.63. The summed E-state index contributed by atoms with van der Waals surface area (Å²) >= 11 is 0. The number of amides is 1. The molecule has 1 fully saturated rings. The lowest BCUT2D eigenvalue weighted by atomic mass is 10.2. The highest BCUT2D eigenvalue weighted by Crippen LogP contribution is 2.18. The van der Waals surface area contributed by atoms with Crippen molar-refractivity contribution >= 4 is 5.91 Å². The molecule has 4 nitrogen and oxygen atoms in total. The third kappa shape index (κ3) is 2.74. The summed E-state index contributed by atoms with van der Waals surface area (Å²) in [5.74, 6) is -0.0669. The van der Waals surface area contributed by atoms with Crippen molar-refractivity contribution in [2.24, 2.45) is 0 Å². The van der Waals surface area contributed by atoms with Crippen LogP contribution in [0.1, 0.15) is 41.7 Å². The molecule has 2 aromatic rings. The normalized spacial score (nSPS) is 15.4. The lowest BCUT2D eigenvalue weighted by molar-refractivity contribution is 0.0933. The highest BCUT2D eigenvalue weighted by molar-refractivity contribution is 5.92. The number of imidazole rings is 1. The van der Waals surface area contributed by atoms with Crippen LogP contribution >= 0.6 is 0 Å². The average molecular weight is 269 g/mol. The molecule has 0 spiro atoms. The van der Waals surface area contributed by atoms with Crippen molar-refractivity contribution in [3.63, 3.8) is 0 Å². The van der Waals surface area contributed by atoms with Gasteiger partial charge in [-0.2, -0.15) is 0 Å². The van der Waals surface area contributed by atoms with E-state index in [1.165, 1.54) is 18.4 Å². The van der Waals surface area contributed by atoms with Gasteiger partial charge in [-0.1, -0.05) is 30.5 Å². The van der Waals surface area contributed by atoms with E-state index in [-0.39, 0.29) is 5.91 Å². The predicted molar refractivity (Wildman–Crippen MR) is 78.0 cm³/mol. The maximum atomic E-state index is 12.1. The van der Waals surface area contributed by atoms with E-state index in [9.17, 15) is 4.79 Å². The van der Waals surface area contributed by atoms with Crippen molar-refractivity contribution in [2.75, 3.05) is 0 Å². The number of aromatic nitrogens is 2. The van der Waals surface area contributed by atoms with Gasteiger partial charge in [0.05, 0.1) is 0 Å². The second-order valence-electron chi connectivity index (χ2n) is 5.46. The summed E-state index contributed by atoms with van der Waals surface area (Å²) in [5.41, 5.74) is 2.72. The third-order valence-electron chi connectivity index (χ3n) is 3.84. The molecule has 0 bridgehead atoms. The minimum Gasteiger partial charge on any atom is -0.348 e. The van der Waals surface area contributed by atoms with E-state index in [1.807, 2.05) is 28.8 Å². The predicted octanol–water partition coefficient (Wildman–Crippen LogP) is 2.85. The van der Waals surface area contributed by atoms with Gasteiger partial charge in [0.15, 0.2) is 0 Å². The van der Waals surface area contributed by atoms with Gasteiger partial charge in [-0.3, -0.25) is 4.79 Å². The second kappa shape index (κ2) is 5.49. The minimum absolute atomic E-state index is 0.0669. The maximum absolute atomic E-state index is 12.1. The minimum atomic E-state index is -0.0669. The van der Waals surface area contributed by atoms with Gasteiger partial charge in [-0.05, 0) is 31.9 Å². The topological polar surface area (TPSA) is 46.9 Å². The Balaban J connectivity index is 1.72. The van der Waals surface area contributed by atoms with Crippen molar-refractivity contribution in [2.45, 2.75) is 38.6 Å². The van der Waals surface area contributed by atoms with Crippen LogP contribution in [-0.2, 0) is 0 Å². The number of carbonyl (C=O) groups excluding carboxylic acids is 1. The van der Waals surface area contributed by atoms with Crippen LogP contribution < -0.4 is 5.32 Å². The molecule has 0 unspecified atom stereocenters. The molecule has 0 radical (unpaired) electrons. The molecule has 1 saturated carbocycles. The molecule has 1 amide bonds. The van der Waals surface area contributed by atoms with Gasteiger partial charge in [-0.15, -0.1) is 0 Å². The summed E-state index contributed by atoms with van der Waals surface area (Å²) in [7, 11) is 0. The summed E-state index contributed by atoms with van der Waals surface area (Å²) in [6, 6.07) is 8.47. The van der Waals surface area contributed by atoms with Crippen LogP contribution in [0.15, 0.2) is 36.8 Å². The molecule has 3 rings (SSSR count). The molecule has 1 aromatic carbocycles. The van der Waals surface area contributed by atoms with Gasteiger partial charge in [0.1, 0.15) is 12.0 Å². The van der Waals surface area contributed by atoms with Crippen molar-refractivity contribution in [1.82, 2.24) is 14.9 Å². The van der Waals surface area contributed by atoms with E-state index in [2.05, 4.69) is 17.2 Å². The Labute approximate surface area is 118 Å². The van der Waals surface area contributed by atoms with E-state index >= 15 is 0 Å². The highest BCUT2D eigenvalue weighted by atomic mass is 16.2. The number of carbonyl (C=O) groups is 1. The monoisotopic (exact) mass is 269 g/mol. The van der Waals surface area contributed by atoms with E-state index < -0.39 is 0 Å². The third-order valence-corrected chi connectivity index (χ3v) is 3.84. The van der Waals surface area contributed by atoms with Crippen LogP contribution in [0.3, 0.4) is 0 Å². The molecule has 1 aliphatic rings. The summed E-state index contributed by atoms with van der Waals surface area (Å²) in [4.78, 5) is 16.3. The van der Waals surface area contributed by atoms with Crippen molar-refractivity contribution in [3.8, 4) is 5.69 Å². The zero-order valence-corrected chi connectivity index (χ0v) is 11.7. The van der Waals surface area contributed by atoms with E-state index in [0.29, 0.717) is 11.7 Å². The largest absolute Gasteiger partial charge is 0.348 e. The molecule has 4 heteroatoms. The number of nitrogens with zero attached hydrogens (tertiary/aromatic N) is 2. The number of benzene rings is 1. The molecule has 1 heterocycles. The Morgan fingerprint density at radius 1 is 1.25 bits per heavy atom. The first-order valence-corrected chi connectivity index (χ1v) is 7.14. The van der Waals surface area contributed by atoms with Crippen LogP contribution in [0, 0.1) is 6.92 Å². The molecule has 104 valence electrons. The second-order valence-corrected chi connectivity index (χ2v) is 5.46. The zero-order chi connectivity index (χ0) is 13.9. The Kier molecular flexibility index (Phi) is 3.54. The zero-order valence-electron chi connectivity index (χ0n) is 11.7. The summed E-state index contributed by atoms with van der Waals surface area (Å²) in [6.45, 7) is 2.05. The number of aryl methyl sites for hydroxylation is 1. The van der Waals surface area contributed by atoms with E-state index in [4.69, 9.17) is 0 Å². The summed E-state index contributed by atoms with van der Waals surface area (Å²) < 4.78 is 1.88. The first kappa shape index (κ1) is 12.9. The Morgan fingerprint density at radius 3 is 2.65 bits per heavy atom. The van der Waals surface area contributed by atoms with Gasteiger partial charge in [0, 0.05) is 17.9 Å². The molecular formula is C16H19N3O. The van der Waals surface area contributed by atoms with Gasteiger partial charge in [0.2, 0.25) is 0 Å². The Hall–Kier alpha value is -2.10. The lowest BCUT2D eigenvalue weighted by Crippen LogP contribution is -2.32. The first-order chi connectivity index (χ1) is 9.72. The smallest absolute Gasteiger partial charge is 0.271 e. The van der Waals surface area contributed by atoms with Gasteiger partial charge in [-0.25, -0.2) is 4.98 Å². The SMILES string of the molecule is Cc1ccc(-n2cnc(C(=O)NC3CCCC3)c2)cc1. The standard InChI is InChI=1S/C16H19N3O/c1-12-6-8-14(9-7-12)19-10-15(17-11-19)16(20)18-13-4-2-3-5-13/h6-11,13H,2-5H2,1H3,(H,18,20). The highest BCUT2D eigenvalue weighted by Gasteiger charge is 2.19. The Morgan fingerprint density at radius 2 is 1.95 bits per heavy atom. The molecule has 1 N–H and O–H groups in total. The number of hydrogen-bond acceptors (Lipinski definition) is 2. The van der Waals surface area contributed by atoms with Crippen LogP contribution in [0.25, 0.3) is 5.69 Å². The van der Waals surface area contributed by atoms with Crippen molar-refractivity contribution in [3.05, 3.63) is 48.0 Å². The van der Waals surface area contributed by atoms with Gasteiger partial charge >= 0.3 is 0 Å². The molecule has 0 saturated heterocycles. The van der Waals surface area contributed by atoms with Gasteiger partial charge in [0.25, 0.3) is 5.91 Å². The Bertz CT molecular complexity index is 594. The maximum Gasteiger partial charge on any atom is 0.271 e. The fraction of sp³-hybridized carbons (Fsp3) is 0.375. The average Bonchev–Trinajstić information content (AvgIpc) is 3.10. The summed E-state index contributed by atoms with van der Waals surface area (Å²) in [6.07, 6.45) is 8.07. The number of nitrogens with one attached hydrogen (secondary N) is 1. The lowest BCUT2D eigenvalue weighted by Gasteiger charge is -2.09. The van der Waals surface area contributed by atoms with Crippen LogP contribution in [0.2, 0.25) is 0 Å². The number of rotatable bonds is 3. The van der Waals surface area contributed by atoms with Crippen molar-refractivity contribution < 1.29 is 4.79 Å². The molecule has 1 aromatic heterocycles. The molecule has 20 heavy (non-hydrogen) atoms. The molecule has 0 atom stereocenters. The molecular weight excluding hydrogens is 250 g/mol. The fourth-order valence-electron chi connectivity index (χ4n) is 2.63. The quantitative estimate of drug-likeness (QED) is 0.931. The van der Waals surface area contributed by atoms with E-state index in [0.717, 1.165) is 18.5 Å².